The smallest absolute Gasteiger partial charge is 0.251 e. The number of benzene rings is 1. The molecule has 0 aromatic heterocycles. The van der Waals surface area contributed by atoms with E-state index in [0.29, 0.717) is 12.5 Å². The number of rotatable bonds is 8. The summed E-state index contributed by atoms with van der Waals surface area (Å²) in [5.41, 5.74) is 2.46. The predicted octanol–water partition coefficient (Wildman–Crippen LogP) is 3.34. The minimum Gasteiger partial charge on any atom is -0.312 e. The van der Waals surface area contributed by atoms with Crippen LogP contribution >= 0.6 is 0 Å². The first-order valence-corrected chi connectivity index (χ1v) is 7.15. The zero-order chi connectivity index (χ0) is 15.1. The summed E-state index contributed by atoms with van der Waals surface area (Å²) in [6.07, 6.45) is -1.22. The molecular formula is C16H26F2N2. The van der Waals surface area contributed by atoms with Crippen molar-refractivity contribution in [1.82, 2.24) is 10.2 Å². The molecule has 1 aromatic rings. The van der Waals surface area contributed by atoms with Crippen molar-refractivity contribution in [2.45, 2.75) is 32.7 Å². The van der Waals surface area contributed by atoms with Gasteiger partial charge in [0.05, 0.1) is 6.54 Å². The number of hydrogen-bond acceptors (Lipinski definition) is 2. The van der Waals surface area contributed by atoms with E-state index in [4.69, 9.17) is 0 Å². The van der Waals surface area contributed by atoms with Gasteiger partial charge in [-0.05, 0) is 37.6 Å². The summed E-state index contributed by atoms with van der Waals surface area (Å²) in [4.78, 5) is 1.66. The standard InChI is InChI=1S/C16H26F2N2/c1-12(2)9-13-5-7-14(8-6-13)15(19-3)10-20(4)11-16(17)18/h5-8,12,15-16,19H,9-11H2,1-4H3. The van der Waals surface area contributed by atoms with Gasteiger partial charge in [-0.2, -0.15) is 0 Å². The molecule has 1 rings (SSSR count). The first-order valence-electron chi connectivity index (χ1n) is 7.15. The second-order valence-corrected chi connectivity index (χ2v) is 5.79. The van der Waals surface area contributed by atoms with E-state index in [1.54, 1.807) is 11.9 Å². The SMILES string of the molecule is CNC(CN(C)CC(F)F)c1ccc(CC(C)C)cc1. The monoisotopic (exact) mass is 284 g/mol. The van der Waals surface area contributed by atoms with Crippen molar-refractivity contribution in [3.63, 3.8) is 0 Å². The van der Waals surface area contributed by atoms with Gasteiger partial charge in [-0.3, -0.25) is 4.90 Å². The lowest BCUT2D eigenvalue weighted by molar-refractivity contribution is 0.0963. The van der Waals surface area contributed by atoms with E-state index in [-0.39, 0.29) is 12.6 Å². The molecular weight excluding hydrogens is 258 g/mol. The third-order valence-electron chi connectivity index (χ3n) is 3.32. The number of halogens is 2. The molecule has 1 aromatic carbocycles. The van der Waals surface area contributed by atoms with E-state index in [1.807, 2.05) is 7.05 Å². The highest BCUT2D eigenvalue weighted by Crippen LogP contribution is 2.17. The lowest BCUT2D eigenvalue weighted by Crippen LogP contribution is -2.34. The van der Waals surface area contributed by atoms with Crippen molar-refractivity contribution in [2.75, 3.05) is 27.2 Å². The largest absolute Gasteiger partial charge is 0.312 e. The van der Waals surface area contributed by atoms with Crippen LogP contribution in [0.25, 0.3) is 0 Å². The molecule has 114 valence electrons. The Kier molecular flexibility index (Phi) is 7.10. The molecule has 0 radical (unpaired) electrons. The second-order valence-electron chi connectivity index (χ2n) is 5.79. The number of likely N-dealkylation sites (N-methyl/N-ethyl adjacent to an activating group) is 2. The number of nitrogens with one attached hydrogen (secondary N) is 1. The third-order valence-corrected chi connectivity index (χ3v) is 3.32. The fourth-order valence-electron chi connectivity index (χ4n) is 2.34. The maximum Gasteiger partial charge on any atom is 0.251 e. The Bertz CT molecular complexity index is 377. The average Bonchev–Trinajstić information content (AvgIpc) is 2.35. The topological polar surface area (TPSA) is 15.3 Å². The molecule has 1 unspecified atom stereocenters. The van der Waals surface area contributed by atoms with Gasteiger partial charge < -0.3 is 5.32 Å². The van der Waals surface area contributed by atoms with Crippen LogP contribution in [0.15, 0.2) is 24.3 Å². The van der Waals surface area contributed by atoms with Crippen LogP contribution in [0.3, 0.4) is 0 Å². The zero-order valence-electron chi connectivity index (χ0n) is 12.9. The zero-order valence-corrected chi connectivity index (χ0v) is 12.9. The van der Waals surface area contributed by atoms with E-state index >= 15 is 0 Å². The van der Waals surface area contributed by atoms with Crippen molar-refractivity contribution in [3.05, 3.63) is 35.4 Å². The molecule has 2 nitrogen and oxygen atoms in total. The van der Waals surface area contributed by atoms with Gasteiger partial charge in [0.2, 0.25) is 0 Å². The van der Waals surface area contributed by atoms with E-state index < -0.39 is 6.43 Å². The molecule has 0 bridgehead atoms. The minimum atomic E-state index is -2.29. The molecule has 0 saturated carbocycles. The van der Waals surface area contributed by atoms with Crippen molar-refractivity contribution in [3.8, 4) is 0 Å². The fraction of sp³-hybridized carbons (Fsp3) is 0.625. The van der Waals surface area contributed by atoms with E-state index in [0.717, 1.165) is 12.0 Å². The predicted molar refractivity (Wildman–Crippen MR) is 80.3 cm³/mol. The Labute approximate surface area is 121 Å². The molecule has 0 aliphatic rings. The normalized spacial score (nSPS) is 13.4. The molecule has 1 atom stereocenters. The molecule has 0 heterocycles. The quantitative estimate of drug-likeness (QED) is 0.787. The average molecular weight is 284 g/mol. The Morgan fingerprint density at radius 1 is 1.10 bits per heavy atom. The van der Waals surface area contributed by atoms with Crippen LogP contribution in [0.4, 0.5) is 8.78 Å². The Morgan fingerprint density at radius 3 is 2.15 bits per heavy atom. The maximum absolute atomic E-state index is 12.4. The van der Waals surface area contributed by atoms with Crippen molar-refractivity contribution >= 4 is 0 Å². The Hall–Kier alpha value is -1.00. The molecule has 0 saturated heterocycles. The highest BCUT2D eigenvalue weighted by molar-refractivity contribution is 5.25. The van der Waals surface area contributed by atoms with Gasteiger partial charge in [-0.15, -0.1) is 0 Å². The van der Waals surface area contributed by atoms with Gasteiger partial charge in [0, 0.05) is 12.6 Å². The van der Waals surface area contributed by atoms with Gasteiger partial charge in [0.25, 0.3) is 6.43 Å². The highest BCUT2D eigenvalue weighted by Gasteiger charge is 2.15. The molecule has 4 heteroatoms. The van der Waals surface area contributed by atoms with Crippen molar-refractivity contribution in [2.24, 2.45) is 5.92 Å². The molecule has 0 amide bonds. The number of nitrogens with zero attached hydrogens (tertiary/aromatic N) is 1. The van der Waals surface area contributed by atoms with E-state index in [9.17, 15) is 8.78 Å². The summed E-state index contributed by atoms with van der Waals surface area (Å²) in [5.74, 6) is 0.637. The maximum atomic E-state index is 12.4. The first kappa shape index (κ1) is 17.1. The molecule has 0 aliphatic carbocycles. The van der Waals surface area contributed by atoms with Gasteiger partial charge in [0.1, 0.15) is 0 Å². The van der Waals surface area contributed by atoms with Gasteiger partial charge in [-0.25, -0.2) is 8.78 Å². The van der Waals surface area contributed by atoms with Crippen LogP contribution in [0.5, 0.6) is 0 Å². The molecule has 1 N–H and O–H groups in total. The van der Waals surface area contributed by atoms with Crippen LogP contribution in [-0.2, 0) is 6.42 Å². The lowest BCUT2D eigenvalue weighted by Gasteiger charge is -2.24. The van der Waals surface area contributed by atoms with Gasteiger partial charge in [0.15, 0.2) is 0 Å². The minimum absolute atomic E-state index is 0.0758. The Balaban J connectivity index is 2.65. The van der Waals surface area contributed by atoms with Crippen LogP contribution in [0.2, 0.25) is 0 Å². The number of hydrogen-bond donors (Lipinski definition) is 1. The Morgan fingerprint density at radius 2 is 1.70 bits per heavy atom. The number of alkyl halides is 2. The molecule has 20 heavy (non-hydrogen) atoms. The summed E-state index contributed by atoms with van der Waals surface area (Å²) < 4.78 is 24.7. The van der Waals surface area contributed by atoms with E-state index in [1.165, 1.54) is 5.56 Å². The van der Waals surface area contributed by atoms with Crippen molar-refractivity contribution < 1.29 is 8.78 Å². The summed E-state index contributed by atoms with van der Waals surface area (Å²) in [6, 6.07) is 8.52. The summed E-state index contributed by atoms with van der Waals surface area (Å²) in [6.45, 7) is 4.78. The summed E-state index contributed by atoms with van der Waals surface area (Å²) in [7, 11) is 3.59. The lowest BCUT2D eigenvalue weighted by atomic mass is 9.99. The fourth-order valence-corrected chi connectivity index (χ4v) is 2.34. The first-order chi connectivity index (χ1) is 9.42. The third kappa shape index (κ3) is 5.97. The van der Waals surface area contributed by atoms with Crippen LogP contribution in [-0.4, -0.2) is 38.5 Å². The van der Waals surface area contributed by atoms with Crippen molar-refractivity contribution in [1.29, 1.82) is 0 Å². The van der Waals surface area contributed by atoms with Crippen LogP contribution in [0, 0.1) is 5.92 Å². The highest BCUT2D eigenvalue weighted by atomic mass is 19.3. The molecule has 0 fully saturated rings. The van der Waals surface area contributed by atoms with Gasteiger partial charge in [-0.1, -0.05) is 38.1 Å². The van der Waals surface area contributed by atoms with Crippen LogP contribution in [0.1, 0.15) is 31.0 Å². The molecule has 0 aliphatic heterocycles. The second kappa shape index (κ2) is 8.32. The summed E-state index contributed by atoms with van der Waals surface area (Å²) in [5, 5.41) is 3.20. The summed E-state index contributed by atoms with van der Waals surface area (Å²) >= 11 is 0. The van der Waals surface area contributed by atoms with Gasteiger partial charge >= 0.3 is 0 Å². The van der Waals surface area contributed by atoms with E-state index in [2.05, 4.69) is 43.4 Å². The molecule has 0 spiro atoms. The van der Waals surface area contributed by atoms with Crippen LogP contribution < -0.4 is 5.32 Å².